The summed E-state index contributed by atoms with van der Waals surface area (Å²) in [7, 11) is 0. The van der Waals surface area contributed by atoms with Crippen LogP contribution >= 0.6 is 15.9 Å². The second-order valence-electron chi connectivity index (χ2n) is 4.57. The Morgan fingerprint density at radius 2 is 1.71 bits per heavy atom. The zero-order valence-corrected chi connectivity index (χ0v) is 12.5. The summed E-state index contributed by atoms with van der Waals surface area (Å²) in [5.41, 5.74) is 1.76. The maximum absolute atomic E-state index is 13.9. The molecular formula is C17H10BrFN2. The van der Waals surface area contributed by atoms with Gasteiger partial charge in [0.1, 0.15) is 5.82 Å². The van der Waals surface area contributed by atoms with Crippen molar-refractivity contribution in [3.63, 3.8) is 0 Å². The topological polar surface area (TPSA) is 35.8 Å². The van der Waals surface area contributed by atoms with Crippen molar-refractivity contribution < 1.29 is 4.39 Å². The molecular weight excluding hydrogens is 331 g/mol. The number of halogens is 2. The Bertz CT molecular complexity index is 868. The van der Waals surface area contributed by atoms with Crippen LogP contribution in [0.25, 0.3) is 10.8 Å². The summed E-state index contributed by atoms with van der Waals surface area (Å²) in [5, 5.41) is 14.0. The summed E-state index contributed by atoms with van der Waals surface area (Å²) in [6, 6.07) is 18.0. The van der Waals surface area contributed by atoms with Crippen LogP contribution in [0.2, 0.25) is 0 Å². The van der Waals surface area contributed by atoms with Gasteiger partial charge in [-0.1, -0.05) is 40.2 Å². The maximum Gasteiger partial charge on any atom is 0.146 e. The van der Waals surface area contributed by atoms with Gasteiger partial charge >= 0.3 is 0 Å². The first-order valence-corrected chi connectivity index (χ1v) is 7.12. The molecule has 0 saturated carbocycles. The molecule has 102 valence electrons. The first-order valence-electron chi connectivity index (χ1n) is 6.33. The number of fused-ring (bicyclic) bond motifs is 1. The predicted octanol–water partition coefficient (Wildman–Crippen LogP) is 5.36. The van der Waals surface area contributed by atoms with Crippen molar-refractivity contribution >= 4 is 38.1 Å². The number of anilines is 2. The molecule has 0 bridgehead atoms. The van der Waals surface area contributed by atoms with E-state index < -0.39 is 0 Å². The van der Waals surface area contributed by atoms with Crippen molar-refractivity contribution in [2.45, 2.75) is 0 Å². The normalized spacial score (nSPS) is 10.3. The minimum atomic E-state index is -0.327. The molecule has 0 aromatic heterocycles. The largest absolute Gasteiger partial charge is 0.353 e. The molecule has 0 spiro atoms. The van der Waals surface area contributed by atoms with Crippen molar-refractivity contribution in [3.8, 4) is 6.07 Å². The molecule has 1 N–H and O–H groups in total. The monoisotopic (exact) mass is 340 g/mol. The Morgan fingerprint density at radius 3 is 2.48 bits per heavy atom. The maximum atomic E-state index is 13.9. The second kappa shape index (κ2) is 5.55. The Labute approximate surface area is 130 Å². The lowest BCUT2D eigenvalue weighted by Crippen LogP contribution is -1.95. The van der Waals surface area contributed by atoms with Crippen molar-refractivity contribution in [1.29, 1.82) is 5.26 Å². The minimum absolute atomic E-state index is 0.327. The SMILES string of the molecule is N#Cc1ccc(Nc2cc(Br)ccc2F)c2ccccc12. The third-order valence-corrected chi connectivity index (χ3v) is 3.74. The predicted molar refractivity (Wildman–Crippen MR) is 86.0 cm³/mol. The van der Waals surface area contributed by atoms with Gasteiger partial charge in [0.05, 0.1) is 17.3 Å². The Morgan fingerprint density at radius 1 is 0.952 bits per heavy atom. The van der Waals surface area contributed by atoms with Crippen molar-refractivity contribution in [2.75, 3.05) is 5.32 Å². The van der Waals surface area contributed by atoms with E-state index in [9.17, 15) is 4.39 Å². The zero-order valence-electron chi connectivity index (χ0n) is 10.9. The van der Waals surface area contributed by atoms with Crippen molar-refractivity contribution in [2.24, 2.45) is 0 Å². The van der Waals surface area contributed by atoms with E-state index in [1.54, 1.807) is 24.3 Å². The van der Waals surface area contributed by atoms with E-state index in [0.717, 1.165) is 20.9 Å². The minimum Gasteiger partial charge on any atom is -0.353 e. The molecule has 0 aliphatic rings. The molecule has 4 heteroatoms. The highest BCUT2D eigenvalue weighted by Crippen LogP contribution is 2.30. The quantitative estimate of drug-likeness (QED) is 0.681. The Kier molecular flexibility index (Phi) is 3.59. The second-order valence-corrected chi connectivity index (χ2v) is 5.48. The summed E-state index contributed by atoms with van der Waals surface area (Å²) in [6.07, 6.45) is 0. The molecule has 3 aromatic carbocycles. The lowest BCUT2D eigenvalue weighted by molar-refractivity contribution is 0.631. The van der Waals surface area contributed by atoms with Crippen LogP contribution in [-0.2, 0) is 0 Å². The fourth-order valence-corrected chi connectivity index (χ4v) is 2.61. The standard InChI is InChI=1S/C17H10BrFN2/c18-12-6-7-15(19)17(9-12)21-16-8-5-11(10-20)13-3-1-2-4-14(13)16/h1-9,21H. The molecule has 0 heterocycles. The van der Waals surface area contributed by atoms with E-state index in [1.165, 1.54) is 6.07 Å². The smallest absolute Gasteiger partial charge is 0.146 e. The summed E-state index contributed by atoms with van der Waals surface area (Å²) in [6.45, 7) is 0. The fourth-order valence-electron chi connectivity index (χ4n) is 2.24. The van der Waals surface area contributed by atoms with Gasteiger partial charge in [0, 0.05) is 20.9 Å². The molecule has 0 radical (unpaired) electrons. The Hall–Kier alpha value is -2.38. The molecule has 3 rings (SSSR count). The molecule has 2 nitrogen and oxygen atoms in total. The highest BCUT2D eigenvalue weighted by atomic mass is 79.9. The molecule has 0 unspecified atom stereocenters. The van der Waals surface area contributed by atoms with Gasteiger partial charge < -0.3 is 5.32 Å². The van der Waals surface area contributed by atoms with Crippen LogP contribution in [-0.4, -0.2) is 0 Å². The van der Waals surface area contributed by atoms with Crippen LogP contribution in [0.5, 0.6) is 0 Å². The van der Waals surface area contributed by atoms with Crippen LogP contribution in [0.15, 0.2) is 59.1 Å². The molecule has 0 aliphatic carbocycles. The number of nitrogens with zero attached hydrogens (tertiary/aromatic N) is 1. The number of hydrogen-bond acceptors (Lipinski definition) is 2. The molecule has 21 heavy (non-hydrogen) atoms. The number of hydrogen-bond donors (Lipinski definition) is 1. The average Bonchev–Trinajstić information content (AvgIpc) is 2.51. The summed E-state index contributed by atoms with van der Waals surface area (Å²) < 4.78 is 14.7. The number of benzene rings is 3. The van der Waals surface area contributed by atoms with Gasteiger partial charge in [-0.3, -0.25) is 0 Å². The van der Waals surface area contributed by atoms with Gasteiger partial charge in [-0.05, 0) is 30.3 Å². The fraction of sp³-hybridized carbons (Fsp3) is 0. The average molecular weight is 341 g/mol. The lowest BCUT2D eigenvalue weighted by atomic mass is 10.0. The molecule has 3 aromatic rings. The number of rotatable bonds is 2. The van der Waals surface area contributed by atoms with E-state index in [2.05, 4.69) is 27.3 Å². The van der Waals surface area contributed by atoms with Crippen LogP contribution < -0.4 is 5.32 Å². The van der Waals surface area contributed by atoms with Crippen LogP contribution in [0.4, 0.5) is 15.8 Å². The van der Waals surface area contributed by atoms with Crippen LogP contribution in [0.3, 0.4) is 0 Å². The molecule has 0 aliphatic heterocycles. The molecule has 0 amide bonds. The third-order valence-electron chi connectivity index (χ3n) is 3.24. The van der Waals surface area contributed by atoms with Gasteiger partial charge in [-0.2, -0.15) is 5.26 Å². The van der Waals surface area contributed by atoms with Crippen LogP contribution in [0.1, 0.15) is 5.56 Å². The number of nitrogens with one attached hydrogen (secondary N) is 1. The zero-order chi connectivity index (χ0) is 14.8. The first-order chi connectivity index (χ1) is 10.2. The van der Waals surface area contributed by atoms with E-state index in [1.807, 2.05) is 24.3 Å². The van der Waals surface area contributed by atoms with E-state index >= 15 is 0 Å². The third kappa shape index (κ3) is 2.61. The van der Waals surface area contributed by atoms with Crippen molar-refractivity contribution in [3.05, 3.63) is 70.5 Å². The summed E-state index contributed by atoms with van der Waals surface area (Å²) in [5.74, 6) is -0.327. The van der Waals surface area contributed by atoms with E-state index in [-0.39, 0.29) is 5.82 Å². The number of nitriles is 1. The Balaban J connectivity index is 2.14. The van der Waals surface area contributed by atoms with Gasteiger partial charge in [-0.15, -0.1) is 0 Å². The first kappa shape index (κ1) is 13.6. The molecule has 0 saturated heterocycles. The summed E-state index contributed by atoms with van der Waals surface area (Å²) in [4.78, 5) is 0. The van der Waals surface area contributed by atoms with Gasteiger partial charge in [0.25, 0.3) is 0 Å². The van der Waals surface area contributed by atoms with Gasteiger partial charge in [0.2, 0.25) is 0 Å². The van der Waals surface area contributed by atoms with Gasteiger partial charge in [-0.25, -0.2) is 4.39 Å². The van der Waals surface area contributed by atoms with E-state index in [4.69, 9.17) is 5.26 Å². The van der Waals surface area contributed by atoms with Crippen molar-refractivity contribution in [1.82, 2.24) is 0 Å². The van der Waals surface area contributed by atoms with Crippen LogP contribution in [0, 0.1) is 17.1 Å². The van der Waals surface area contributed by atoms with Gasteiger partial charge in [0.15, 0.2) is 0 Å². The lowest BCUT2D eigenvalue weighted by Gasteiger charge is -2.12. The highest BCUT2D eigenvalue weighted by Gasteiger charge is 2.08. The summed E-state index contributed by atoms with van der Waals surface area (Å²) >= 11 is 3.33. The molecule has 0 fully saturated rings. The highest BCUT2D eigenvalue weighted by molar-refractivity contribution is 9.10. The molecule has 0 atom stereocenters. The van der Waals surface area contributed by atoms with E-state index in [0.29, 0.717) is 11.3 Å².